The topological polar surface area (TPSA) is 74.1 Å². The number of aryl methyl sites for hydroxylation is 1. The number of benzene rings is 1. The molecule has 4 aromatic rings. The minimum atomic E-state index is -0.396. The molecule has 1 atom stereocenters. The van der Waals surface area contributed by atoms with Gasteiger partial charge in [-0.1, -0.05) is 24.8 Å². The fourth-order valence-corrected chi connectivity index (χ4v) is 3.29. The lowest BCUT2D eigenvalue weighted by Gasteiger charge is -2.27. The first-order valence-corrected chi connectivity index (χ1v) is 9.51. The molecular formula is C22H22FN7. The molecule has 3 heterocycles. The van der Waals surface area contributed by atoms with Crippen LogP contribution in [0.1, 0.15) is 30.0 Å². The normalized spacial score (nSPS) is 12.4. The average molecular weight is 403 g/mol. The Hall–Kier alpha value is -3.94. The Morgan fingerprint density at radius 2 is 2.07 bits per heavy atom. The van der Waals surface area contributed by atoms with E-state index in [-0.39, 0.29) is 5.82 Å². The Labute approximate surface area is 173 Å². The van der Waals surface area contributed by atoms with Crippen molar-refractivity contribution in [3.63, 3.8) is 0 Å². The number of anilines is 2. The molecule has 2 N–H and O–H groups in total. The quantitative estimate of drug-likeness (QED) is 0.467. The summed E-state index contributed by atoms with van der Waals surface area (Å²) in [7, 11) is 0. The van der Waals surface area contributed by atoms with Gasteiger partial charge in [0, 0.05) is 24.2 Å². The van der Waals surface area contributed by atoms with Gasteiger partial charge in [0.2, 0.25) is 0 Å². The second-order valence-electron chi connectivity index (χ2n) is 6.78. The van der Waals surface area contributed by atoms with E-state index in [2.05, 4.69) is 22.1 Å². The number of hydrogen-bond acceptors (Lipinski definition) is 5. The van der Waals surface area contributed by atoms with Gasteiger partial charge in [-0.05, 0) is 49.9 Å². The SMILES string of the molecule is C=CN(C=CC)C(c1ccc(F)cc1)c1nc(Nc2cc(C)[nH]n2)c2cccn2n1. The molecule has 152 valence electrons. The Balaban J connectivity index is 1.86. The maximum absolute atomic E-state index is 13.6. The van der Waals surface area contributed by atoms with Gasteiger partial charge in [-0.3, -0.25) is 5.10 Å². The van der Waals surface area contributed by atoms with E-state index in [0.717, 1.165) is 16.8 Å². The van der Waals surface area contributed by atoms with Crippen molar-refractivity contribution in [3.8, 4) is 0 Å². The number of hydrogen-bond donors (Lipinski definition) is 2. The number of fused-ring (bicyclic) bond motifs is 1. The van der Waals surface area contributed by atoms with Crippen LogP contribution in [0.25, 0.3) is 5.52 Å². The fraction of sp³-hybridized carbons (Fsp3) is 0.136. The summed E-state index contributed by atoms with van der Waals surface area (Å²) in [5.41, 5.74) is 2.59. The Bertz CT molecular complexity index is 1190. The number of aromatic nitrogens is 5. The first-order valence-electron chi connectivity index (χ1n) is 9.51. The minimum Gasteiger partial charge on any atom is -0.340 e. The van der Waals surface area contributed by atoms with Gasteiger partial charge in [0.15, 0.2) is 17.5 Å². The zero-order chi connectivity index (χ0) is 21.1. The lowest BCUT2D eigenvalue weighted by Crippen LogP contribution is -2.23. The number of H-pyrrole nitrogens is 1. The summed E-state index contributed by atoms with van der Waals surface area (Å²) in [6.45, 7) is 7.77. The molecule has 0 saturated carbocycles. The van der Waals surface area contributed by atoms with E-state index < -0.39 is 6.04 Å². The Morgan fingerprint density at radius 3 is 2.73 bits per heavy atom. The first kappa shape index (κ1) is 19.4. The van der Waals surface area contributed by atoms with Crippen LogP contribution in [0, 0.1) is 12.7 Å². The smallest absolute Gasteiger partial charge is 0.178 e. The molecule has 4 rings (SSSR count). The van der Waals surface area contributed by atoms with E-state index >= 15 is 0 Å². The van der Waals surface area contributed by atoms with Crippen LogP contribution in [0.3, 0.4) is 0 Å². The lowest BCUT2D eigenvalue weighted by atomic mass is 10.0. The highest BCUT2D eigenvalue weighted by molar-refractivity contribution is 5.72. The van der Waals surface area contributed by atoms with Crippen molar-refractivity contribution in [2.75, 3.05) is 5.32 Å². The molecule has 3 aromatic heterocycles. The molecule has 1 unspecified atom stereocenters. The fourth-order valence-electron chi connectivity index (χ4n) is 3.29. The van der Waals surface area contributed by atoms with E-state index in [1.807, 2.05) is 55.4 Å². The van der Waals surface area contributed by atoms with Crippen molar-refractivity contribution in [3.05, 3.63) is 96.6 Å². The second-order valence-corrected chi connectivity index (χ2v) is 6.78. The number of nitrogens with one attached hydrogen (secondary N) is 2. The van der Waals surface area contributed by atoms with Gasteiger partial charge in [-0.2, -0.15) is 5.10 Å². The molecule has 8 heteroatoms. The largest absolute Gasteiger partial charge is 0.340 e. The van der Waals surface area contributed by atoms with Crippen LogP contribution in [0.2, 0.25) is 0 Å². The van der Waals surface area contributed by atoms with E-state index in [0.29, 0.717) is 17.5 Å². The number of allylic oxidation sites excluding steroid dienone is 1. The molecular weight excluding hydrogens is 381 g/mol. The highest BCUT2D eigenvalue weighted by Crippen LogP contribution is 2.29. The summed E-state index contributed by atoms with van der Waals surface area (Å²) < 4.78 is 15.3. The summed E-state index contributed by atoms with van der Waals surface area (Å²) in [5.74, 6) is 1.51. The standard InChI is InChI=1S/C22H22FN7/c1-4-12-29(5-2)20(16-8-10-17(23)11-9-16)22-25-21(18-7-6-13-30(18)28-22)24-19-14-15(3)26-27-19/h4-14,20H,2H2,1,3H3,(H2,24,25,26,27,28). The van der Waals surface area contributed by atoms with Crippen LogP contribution in [-0.4, -0.2) is 29.7 Å². The third-order valence-corrected chi connectivity index (χ3v) is 4.62. The monoisotopic (exact) mass is 403 g/mol. The summed E-state index contributed by atoms with van der Waals surface area (Å²) >= 11 is 0. The molecule has 0 fully saturated rings. The van der Waals surface area contributed by atoms with Crippen molar-refractivity contribution in [1.82, 2.24) is 29.7 Å². The van der Waals surface area contributed by atoms with Crippen molar-refractivity contribution < 1.29 is 4.39 Å². The molecule has 0 amide bonds. The average Bonchev–Trinajstić information content (AvgIpc) is 3.38. The molecule has 30 heavy (non-hydrogen) atoms. The number of rotatable bonds is 7. The highest BCUT2D eigenvalue weighted by Gasteiger charge is 2.24. The van der Waals surface area contributed by atoms with E-state index in [9.17, 15) is 4.39 Å². The van der Waals surface area contributed by atoms with Crippen LogP contribution >= 0.6 is 0 Å². The third-order valence-electron chi connectivity index (χ3n) is 4.62. The lowest BCUT2D eigenvalue weighted by molar-refractivity contribution is 0.405. The van der Waals surface area contributed by atoms with Crippen LogP contribution < -0.4 is 5.32 Å². The van der Waals surface area contributed by atoms with Crippen LogP contribution in [0.15, 0.2) is 73.7 Å². The molecule has 0 saturated heterocycles. The minimum absolute atomic E-state index is 0.299. The van der Waals surface area contributed by atoms with Gasteiger partial charge >= 0.3 is 0 Å². The molecule has 0 radical (unpaired) electrons. The number of nitrogens with zero attached hydrogens (tertiary/aromatic N) is 5. The van der Waals surface area contributed by atoms with E-state index in [1.54, 1.807) is 22.8 Å². The maximum Gasteiger partial charge on any atom is 0.178 e. The number of halogens is 1. The van der Waals surface area contributed by atoms with Gasteiger partial charge in [0.25, 0.3) is 0 Å². The van der Waals surface area contributed by atoms with Crippen molar-refractivity contribution in [2.24, 2.45) is 0 Å². The summed E-state index contributed by atoms with van der Waals surface area (Å²) in [5, 5.41) is 15.1. The third kappa shape index (κ3) is 3.80. The summed E-state index contributed by atoms with van der Waals surface area (Å²) in [6.07, 6.45) is 7.34. The Morgan fingerprint density at radius 1 is 1.27 bits per heavy atom. The van der Waals surface area contributed by atoms with Gasteiger partial charge in [-0.25, -0.2) is 13.9 Å². The summed E-state index contributed by atoms with van der Waals surface area (Å²) in [4.78, 5) is 6.70. The van der Waals surface area contributed by atoms with Gasteiger partial charge in [-0.15, -0.1) is 5.10 Å². The predicted molar refractivity (Wildman–Crippen MR) is 115 cm³/mol. The maximum atomic E-state index is 13.6. The molecule has 0 bridgehead atoms. The second kappa shape index (κ2) is 8.20. The van der Waals surface area contributed by atoms with E-state index in [4.69, 9.17) is 10.1 Å². The molecule has 0 spiro atoms. The molecule has 1 aromatic carbocycles. The Kier molecular flexibility index (Phi) is 5.30. The summed E-state index contributed by atoms with van der Waals surface area (Å²) in [6, 6.07) is 11.6. The van der Waals surface area contributed by atoms with E-state index in [1.165, 1.54) is 12.1 Å². The van der Waals surface area contributed by atoms with Crippen molar-refractivity contribution >= 4 is 17.2 Å². The zero-order valence-electron chi connectivity index (χ0n) is 16.7. The highest BCUT2D eigenvalue weighted by atomic mass is 19.1. The first-order chi connectivity index (χ1) is 14.6. The van der Waals surface area contributed by atoms with Gasteiger partial charge in [0.1, 0.15) is 17.4 Å². The molecule has 0 aliphatic rings. The number of aromatic amines is 1. The van der Waals surface area contributed by atoms with Crippen molar-refractivity contribution in [2.45, 2.75) is 19.9 Å². The molecule has 7 nitrogen and oxygen atoms in total. The van der Waals surface area contributed by atoms with Crippen LogP contribution in [0.4, 0.5) is 16.0 Å². The van der Waals surface area contributed by atoms with Gasteiger partial charge < -0.3 is 10.2 Å². The van der Waals surface area contributed by atoms with Gasteiger partial charge in [0.05, 0.1) is 0 Å². The van der Waals surface area contributed by atoms with Crippen LogP contribution in [0.5, 0.6) is 0 Å². The molecule has 0 aliphatic carbocycles. The predicted octanol–water partition coefficient (Wildman–Crippen LogP) is 4.71. The van der Waals surface area contributed by atoms with Crippen molar-refractivity contribution in [1.29, 1.82) is 0 Å². The van der Waals surface area contributed by atoms with Crippen LogP contribution in [-0.2, 0) is 0 Å². The molecule has 0 aliphatic heterocycles. The zero-order valence-corrected chi connectivity index (χ0v) is 16.7.